The van der Waals surface area contributed by atoms with Crippen LogP contribution >= 0.6 is 50.1 Å². The number of benzene rings is 1. The van der Waals surface area contributed by atoms with Gasteiger partial charge in [0.25, 0.3) is 0 Å². The minimum Gasteiger partial charge on any atom is -0.381 e. The third-order valence-corrected chi connectivity index (χ3v) is 4.18. The average Bonchev–Trinajstić information content (AvgIpc) is 2.25. The van der Waals surface area contributed by atoms with E-state index in [0.29, 0.717) is 6.04 Å². The summed E-state index contributed by atoms with van der Waals surface area (Å²) in [5.41, 5.74) is 1.04. The van der Waals surface area contributed by atoms with Crippen LogP contribution in [0.3, 0.4) is 0 Å². The lowest BCUT2D eigenvalue weighted by atomic mass is 10.1. The molecule has 1 aromatic rings. The fourth-order valence-electron chi connectivity index (χ4n) is 1.73. The maximum atomic E-state index is 6.23. The monoisotopic (exact) mass is 415 g/mol. The first-order valence-corrected chi connectivity index (χ1v) is 7.40. The molecule has 5 heteroatoms. The molecule has 1 heterocycles. The molecule has 1 aliphatic heterocycles. The van der Waals surface area contributed by atoms with Crippen molar-refractivity contribution < 1.29 is 4.74 Å². The highest BCUT2D eigenvalue weighted by Crippen LogP contribution is 2.32. The van der Waals surface area contributed by atoms with Crippen molar-refractivity contribution in [3.8, 4) is 0 Å². The lowest BCUT2D eigenvalue weighted by molar-refractivity contribution is 0.0904. The van der Waals surface area contributed by atoms with Crippen molar-refractivity contribution >= 4 is 55.8 Å². The van der Waals surface area contributed by atoms with Gasteiger partial charge in [-0.2, -0.15) is 0 Å². The van der Waals surface area contributed by atoms with Crippen molar-refractivity contribution in [2.75, 3.05) is 18.5 Å². The summed E-state index contributed by atoms with van der Waals surface area (Å²) in [6.07, 6.45) is 2.09. The van der Waals surface area contributed by atoms with Crippen LogP contribution < -0.4 is 5.32 Å². The number of anilines is 1. The number of ether oxygens (including phenoxy) is 1. The summed E-state index contributed by atoms with van der Waals surface area (Å²) in [6, 6.07) is 4.46. The van der Waals surface area contributed by atoms with Gasteiger partial charge in [-0.3, -0.25) is 0 Å². The normalized spacial score (nSPS) is 17.4. The summed E-state index contributed by atoms with van der Waals surface area (Å²) >= 11 is 12.0. The summed E-state index contributed by atoms with van der Waals surface area (Å²) in [4.78, 5) is 0. The SMILES string of the molecule is Clc1cc(Br)cc(I)c1NC1CCOCC1. The quantitative estimate of drug-likeness (QED) is 0.726. The minimum atomic E-state index is 0.473. The van der Waals surface area contributed by atoms with Gasteiger partial charge in [0.15, 0.2) is 0 Å². The van der Waals surface area contributed by atoms with Crippen LogP contribution in [-0.2, 0) is 4.74 Å². The molecule has 1 aliphatic rings. The molecule has 0 saturated carbocycles. The van der Waals surface area contributed by atoms with Gasteiger partial charge in [0, 0.05) is 27.3 Å². The fourth-order valence-corrected chi connectivity index (χ4v) is 3.96. The lowest BCUT2D eigenvalue weighted by Crippen LogP contribution is -2.28. The van der Waals surface area contributed by atoms with Gasteiger partial charge in [-0.25, -0.2) is 0 Å². The maximum absolute atomic E-state index is 6.23. The molecule has 2 rings (SSSR count). The Morgan fingerprint density at radius 2 is 2.06 bits per heavy atom. The Bertz CT molecular complexity index is 359. The molecule has 0 amide bonds. The van der Waals surface area contributed by atoms with Crippen molar-refractivity contribution in [1.82, 2.24) is 0 Å². The van der Waals surface area contributed by atoms with Crippen molar-refractivity contribution in [3.63, 3.8) is 0 Å². The zero-order valence-electron chi connectivity index (χ0n) is 8.60. The summed E-state index contributed by atoms with van der Waals surface area (Å²) in [5, 5.41) is 4.27. The molecular weight excluding hydrogens is 404 g/mol. The minimum absolute atomic E-state index is 0.473. The van der Waals surface area contributed by atoms with Gasteiger partial charge < -0.3 is 10.1 Å². The third kappa shape index (κ3) is 3.24. The lowest BCUT2D eigenvalue weighted by Gasteiger charge is -2.25. The predicted octanol–water partition coefficient (Wildman–Crippen LogP) is 4.30. The molecule has 0 aliphatic carbocycles. The van der Waals surface area contributed by atoms with E-state index in [2.05, 4.69) is 49.9 Å². The molecule has 1 saturated heterocycles. The van der Waals surface area contributed by atoms with E-state index >= 15 is 0 Å². The molecule has 1 aromatic carbocycles. The molecule has 0 spiro atoms. The Labute approximate surface area is 122 Å². The smallest absolute Gasteiger partial charge is 0.0668 e. The second-order valence-corrected chi connectivity index (χ2v) is 6.26. The Kier molecular flexibility index (Phi) is 4.76. The summed E-state index contributed by atoms with van der Waals surface area (Å²) in [5.74, 6) is 0. The highest BCUT2D eigenvalue weighted by atomic mass is 127. The van der Waals surface area contributed by atoms with Crippen LogP contribution in [0, 0.1) is 3.57 Å². The highest BCUT2D eigenvalue weighted by Gasteiger charge is 2.16. The van der Waals surface area contributed by atoms with Crippen LogP contribution in [0.25, 0.3) is 0 Å². The first kappa shape index (κ1) is 12.9. The predicted molar refractivity (Wildman–Crippen MR) is 79.3 cm³/mol. The standard InChI is InChI=1S/C11H12BrClINO/c12-7-5-9(13)11(10(14)6-7)15-8-1-3-16-4-2-8/h5-6,8,15H,1-4H2. The van der Waals surface area contributed by atoms with Gasteiger partial charge in [-0.15, -0.1) is 0 Å². The number of hydrogen-bond donors (Lipinski definition) is 1. The Morgan fingerprint density at radius 1 is 1.38 bits per heavy atom. The first-order chi connectivity index (χ1) is 7.66. The number of hydrogen-bond acceptors (Lipinski definition) is 2. The van der Waals surface area contributed by atoms with Gasteiger partial charge in [-0.1, -0.05) is 27.5 Å². The second kappa shape index (κ2) is 5.89. The van der Waals surface area contributed by atoms with E-state index in [1.807, 2.05) is 6.07 Å². The van der Waals surface area contributed by atoms with Crippen LogP contribution in [0.15, 0.2) is 16.6 Å². The molecule has 0 radical (unpaired) electrons. The zero-order valence-corrected chi connectivity index (χ0v) is 13.1. The number of halogens is 3. The van der Waals surface area contributed by atoms with Crippen LogP contribution in [0.2, 0.25) is 5.02 Å². The molecule has 0 bridgehead atoms. The van der Waals surface area contributed by atoms with Crippen molar-refractivity contribution in [2.45, 2.75) is 18.9 Å². The molecule has 0 aromatic heterocycles. The second-order valence-electron chi connectivity index (χ2n) is 3.78. The van der Waals surface area contributed by atoms with E-state index in [4.69, 9.17) is 16.3 Å². The van der Waals surface area contributed by atoms with Crippen molar-refractivity contribution in [2.24, 2.45) is 0 Å². The Hall–Kier alpha value is 0.480. The van der Waals surface area contributed by atoms with Crippen molar-refractivity contribution in [1.29, 1.82) is 0 Å². The number of rotatable bonds is 2. The van der Waals surface area contributed by atoms with E-state index in [0.717, 1.165) is 44.8 Å². The molecule has 1 fully saturated rings. The van der Waals surface area contributed by atoms with Crippen LogP contribution in [0.4, 0.5) is 5.69 Å². The molecule has 1 N–H and O–H groups in total. The molecular formula is C11H12BrClINO. The van der Waals surface area contributed by atoms with Gasteiger partial charge in [0.05, 0.1) is 10.7 Å². The number of nitrogens with one attached hydrogen (secondary N) is 1. The summed E-state index contributed by atoms with van der Waals surface area (Å²) in [7, 11) is 0. The van der Waals surface area contributed by atoms with E-state index < -0.39 is 0 Å². The van der Waals surface area contributed by atoms with Crippen molar-refractivity contribution in [3.05, 3.63) is 25.2 Å². The summed E-state index contributed by atoms with van der Waals surface area (Å²) in [6.45, 7) is 1.67. The van der Waals surface area contributed by atoms with Gasteiger partial charge in [0.2, 0.25) is 0 Å². The molecule has 88 valence electrons. The molecule has 2 nitrogen and oxygen atoms in total. The largest absolute Gasteiger partial charge is 0.381 e. The van der Waals surface area contributed by atoms with E-state index in [-0.39, 0.29) is 0 Å². The van der Waals surface area contributed by atoms with Gasteiger partial charge in [-0.05, 0) is 47.6 Å². The van der Waals surface area contributed by atoms with Gasteiger partial charge >= 0.3 is 0 Å². The van der Waals surface area contributed by atoms with Crippen LogP contribution in [0.5, 0.6) is 0 Å². The molecule has 0 unspecified atom stereocenters. The topological polar surface area (TPSA) is 21.3 Å². The van der Waals surface area contributed by atoms with Crippen LogP contribution in [0.1, 0.15) is 12.8 Å². The van der Waals surface area contributed by atoms with E-state index in [1.54, 1.807) is 0 Å². The highest BCUT2D eigenvalue weighted by molar-refractivity contribution is 14.1. The molecule has 16 heavy (non-hydrogen) atoms. The Balaban J connectivity index is 2.14. The zero-order chi connectivity index (χ0) is 11.5. The summed E-state index contributed by atoms with van der Waals surface area (Å²) < 4.78 is 7.49. The Morgan fingerprint density at radius 3 is 2.69 bits per heavy atom. The first-order valence-electron chi connectivity index (χ1n) is 5.15. The van der Waals surface area contributed by atoms with E-state index in [9.17, 15) is 0 Å². The van der Waals surface area contributed by atoms with Gasteiger partial charge in [0.1, 0.15) is 0 Å². The third-order valence-electron chi connectivity index (χ3n) is 2.58. The van der Waals surface area contributed by atoms with Crippen LogP contribution in [-0.4, -0.2) is 19.3 Å². The fraction of sp³-hybridized carbons (Fsp3) is 0.455. The average molecular weight is 416 g/mol. The maximum Gasteiger partial charge on any atom is 0.0668 e. The van der Waals surface area contributed by atoms with E-state index in [1.165, 1.54) is 0 Å². The molecule has 0 atom stereocenters.